The van der Waals surface area contributed by atoms with Gasteiger partial charge in [-0.15, -0.1) is 0 Å². The number of nitrogens with one attached hydrogen (secondary N) is 6. The number of benzene rings is 7. The molecular weight excluding hydrogens is 745 g/mol. The van der Waals surface area contributed by atoms with E-state index in [9.17, 15) is 0 Å². The van der Waals surface area contributed by atoms with Gasteiger partial charge >= 0.3 is 0 Å². The summed E-state index contributed by atoms with van der Waals surface area (Å²) in [5.74, 6) is 0. The van der Waals surface area contributed by atoms with Crippen LogP contribution in [0.4, 0.5) is 34.1 Å². The summed E-state index contributed by atoms with van der Waals surface area (Å²) in [5, 5.41) is 13.2. The van der Waals surface area contributed by atoms with Gasteiger partial charge < -0.3 is 0 Å². The van der Waals surface area contributed by atoms with Gasteiger partial charge in [0.25, 0.3) is 0 Å². The highest BCUT2D eigenvalue weighted by molar-refractivity contribution is 5.55. The third kappa shape index (κ3) is 8.20. The molecule has 10 rings (SSSR count). The fourth-order valence-electron chi connectivity index (χ4n) is 7.93. The van der Waals surface area contributed by atoms with Gasteiger partial charge in [0.05, 0.1) is 34.1 Å². The number of nitrogens with zero attached hydrogens (tertiary/aromatic N) is 6. The summed E-state index contributed by atoms with van der Waals surface area (Å²) in [5.41, 5.74) is 32.6. The number of para-hydroxylation sites is 6. The topological polar surface area (TPSA) is 91.6 Å². The standard InChI is InChI=1S/C48H48N12/c1-7-19-40(20-8-1)55-34-56(41-21-9-2-10-22-41)50-46(49-55)37-31-38(47-51-57(42-23-11-3-12-24-42)35-58(52-47)43-25-13-4-14-26-43)33-39(32-37)48-53-59(44-27-15-5-16-28-44)36-60(54-48)45-29-17-6-18-30-45/h1-33,46-54H,34-36H2. The first-order chi connectivity index (χ1) is 29.7. The molecule has 0 saturated carbocycles. The third-order valence-corrected chi connectivity index (χ3v) is 11.0. The van der Waals surface area contributed by atoms with Crippen LogP contribution in [-0.4, -0.2) is 20.0 Å². The average Bonchev–Trinajstić information content (AvgIpc) is 3.35. The van der Waals surface area contributed by atoms with Crippen molar-refractivity contribution >= 4 is 34.1 Å². The Kier molecular flexibility index (Phi) is 10.7. The maximum atomic E-state index is 3.84. The SMILES string of the molecule is c1ccc(N2CN(c3ccccc3)NC(c3cc(C4NN(c5ccccc5)CN(c5ccccc5)N4)cc(C4NN(c5ccccc5)CN(c5ccccc5)N4)c3)N2)cc1. The Labute approximate surface area is 351 Å². The summed E-state index contributed by atoms with van der Waals surface area (Å²) in [7, 11) is 0. The highest BCUT2D eigenvalue weighted by Crippen LogP contribution is 2.32. The maximum Gasteiger partial charge on any atom is 0.120 e. The zero-order valence-electron chi connectivity index (χ0n) is 33.1. The van der Waals surface area contributed by atoms with Gasteiger partial charge in [-0.25, -0.2) is 32.6 Å². The monoisotopic (exact) mass is 792 g/mol. The van der Waals surface area contributed by atoms with Crippen molar-refractivity contribution in [3.63, 3.8) is 0 Å². The maximum absolute atomic E-state index is 3.84. The molecule has 3 saturated heterocycles. The van der Waals surface area contributed by atoms with Gasteiger partial charge in [0, 0.05) is 0 Å². The van der Waals surface area contributed by atoms with E-state index in [1.807, 2.05) is 0 Å². The first-order valence-electron chi connectivity index (χ1n) is 20.4. The normalized spacial score (nSPS) is 17.0. The smallest absolute Gasteiger partial charge is 0.120 e. The number of rotatable bonds is 9. The summed E-state index contributed by atoms with van der Waals surface area (Å²) in [4.78, 5) is 0. The molecule has 0 radical (unpaired) electrons. The molecule has 3 fully saturated rings. The molecule has 6 N–H and O–H groups in total. The van der Waals surface area contributed by atoms with Gasteiger partial charge in [0.15, 0.2) is 0 Å². The summed E-state index contributed by atoms with van der Waals surface area (Å²) in [6.07, 6.45) is -0.928. The summed E-state index contributed by atoms with van der Waals surface area (Å²) in [6.45, 7) is 1.76. The van der Waals surface area contributed by atoms with Crippen molar-refractivity contribution in [1.82, 2.24) is 32.6 Å². The highest BCUT2D eigenvalue weighted by atomic mass is 15.8. The Morgan fingerprint density at radius 3 is 0.583 bits per heavy atom. The van der Waals surface area contributed by atoms with Gasteiger partial charge in [-0.3, -0.25) is 30.1 Å². The second-order valence-corrected chi connectivity index (χ2v) is 15.0. The van der Waals surface area contributed by atoms with Gasteiger partial charge in [0.2, 0.25) is 0 Å². The third-order valence-electron chi connectivity index (χ3n) is 11.0. The van der Waals surface area contributed by atoms with Crippen LogP contribution in [-0.2, 0) is 0 Å². The molecule has 0 aliphatic carbocycles. The lowest BCUT2D eigenvalue weighted by molar-refractivity contribution is 0.333. The van der Waals surface area contributed by atoms with Crippen LogP contribution in [0.3, 0.4) is 0 Å². The Balaban J connectivity index is 1.08. The van der Waals surface area contributed by atoms with Crippen LogP contribution < -0.4 is 62.6 Å². The summed E-state index contributed by atoms with van der Waals surface area (Å²) < 4.78 is 0. The molecule has 0 aromatic heterocycles. The quantitative estimate of drug-likeness (QED) is 0.0868. The van der Waals surface area contributed by atoms with Gasteiger partial charge in [-0.05, 0) is 108 Å². The van der Waals surface area contributed by atoms with Crippen molar-refractivity contribution in [3.05, 3.63) is 217 Å². The minimum atomic E-state index is -0.309. The Bertz CT molecular complexity index is 2000. The fourth-order valence-corrected chi connectivity index (χ4v) is 7.93. The average molecular weight is 793 g/mol. The zero-order valence-corrected chi connectivity index (χ0v) is 33.1. The lowest BCUT2D eigenvalue weighted by atomic mass is 10.00. The van der Waals surface area contributed by atoms with Gasteiger partial charge in [-0.2, -0.15) is 0 Å². The van der Waals surface area contributed by atoms with Crippen molar-refractivity contribution in [1.29, 1.82) is 0 Å². The van der Waals surface area contributed by atoms with Crippen LogP contribution in [0, 0.1) is 0 Å². The number of anilines is 6. The van der Waals surface area contributed by atoms with Crippen LogP contribution in [0.5, 0.6) is 0 Å². The van der Waals surface area contributed by atoms with E-state index in [2.05, 4.69) is 263 Å². The Hall–Kier alpha value is -6.90. The van der Waals surface area contributed by atoms with E-state index >= 15 is 0 Å². The number of hydrogen-bond acceptors (Lipinski definition) is 12. The molecular formula is C48H48N12. The Morgan fingerprint density at radius 2 is 0.417 bits per heavy atom. The minimum absolute atomic E-state index is 0.309. The molecule has 12 nitrogen and oxygen atoms in total. The predicted molar refractivity (Wildman–Crippen MR) is 242 cm³/mol. The molecule has 3 aliphatic heterocycles. The number of hydrogen-bond donors (Lipinski definition) is 6. The van der Waals surface area contributed by atoms with Crippen molar-refractivity contribution in [2.75, 3.05) is 50.1 Å². The largest absolute Gasteiger partial charge is 0.286 e. The van der Waals surface area contributed by atoms with Gasteiger partial charge in [-0.1, -0.05) is 109 Å². The molecule has 60 heavy (non-hydrogen) atoms. The van der Waals surface area contributed by atoms with E-state index in [-0.39, 0.29) is 18.5 Å². The molecule has 0 amide bonds. The van der Waals surface area contributed by atoms with Crippen LogP contribution >= 0.6 is 0 Å². The second kappa shape index (κ2) is 17.1. The first-order valence-corrected chi connectivity index (χ1v) is 20.4. The van der Waals surface area contributed by atoms with Crippen LogP contribution in [0.15, 0.2) is 200 Å². The van der Waals surface area contributed by atoms with E-state index in [0.29, 0.717) is 20.0 Å². The molecule has 3 heterocycles. The highest BCUT2D eigenvalue weighted by Gasteiger charge is 2.33. The summed E-state index contributed by atoms with van der Waals surface area (Å²) in [6, 6.07) is 69.8. The lowest BCUT2D eigenvalue weighted by Crippen LogP contribution is -2.64. The van der Waals surface area contributed by atoms with Crippen molar-refractivity contribution in [2.24, 2.45) is 0 Å². The molecule has 0 unspecified atom stereocenters. The second-order valence-electron chi connectivity index (χ2n) is 15.0. The molecule has 7 aromatic carbocycles. The fraction of sp³-hybridized carbons (Fsp3) is 0.125. The van der Waals surface area contributed by atoms with Gasteiger partial charge in [0.1, 0.15) is 38.5 Å². The molecule has 300 valence electrons. The summed E-state index contributed by atoms with van der Waals surface area (Å²) >= 11 is 0. The minimum Gasteiger partial charge on any atom is -0.286 e. The molecule has 0 bridgehead atoms. The van der Waals surface area contributed by atoms with Crippen molar-refractivity contribution in [2.45, 2.75) is 18.5 Å². The molecule has 0 spiro atoms. The first kappa shape index (κ1) is 37.4. The van der Waals surface area contributed by atoms with Crippen LogP contribution in [0.1, 0.15) is 35.2 Å². The van der Waals surface area contributed by atoms with E-state index in [0.717, 1.165) is 50.8 Å². The van der Waals surface area contributed by atoms with E-state index in [1.54, 1.807) is 0 Å². The molecule has 7 aromatic rings. The van der Waals surface area contributed by atoms with E-state index in [1.165, 1.54) is 0 Å². The van der Waals surface area contributed by atoms with Crippen LogP contribution in [0.25, 0.3) is 0 Å². The molecule has 3 aliphatic rings. The van der Waals surface area contributed by atoms with Crippen LogP contribution in [0.2, 0.25) is 0 Å². The number of hydrazine groups is 6. The van der Waals surface area contributed by atoms with E-state index < -0.39 is 0 Å². The van der Waals surface area contributed by atoms with Crippen molar-refractivity contribution in [3.8, 4) is 0 Å². The molecule has 0 atom stereocenters. The lowest BCUT2D eigenvalue weighted by Gasteiger charge is -2.46. The molecule has 12 heteroatoms. The van der Waals surface area contributed by atoms with E-state index in [4.69, 9.17) is 0 Å². The van der Waals surface area contributed by atoms with Crippen molar-refractivity contribution < 1.29 is 0 Å². The Morgan fingerprint density at radius 1 is 0.250 bits per heavy atom. The predicted octanol–water partition coefficient (Wildman–Crippen LogP) is 7.66. The zero-order chi connectivity index (χ0) is 40.1.